The lowest BCUT2D eigenvalue weighted by molar-refractivity contribution is 0.0697. The van der Waals surface area contributed by atoms with E-state index in [0.717, 1.165) is 12.8 Å². The summed E-state index contributed by atoms with van der Waals surface area (Å²) >= 11 is 0. The van der Waals surface area contributed by atoms with Crippen LogP contribution in [0.2, 0.25) is 0 Å². The van der Waals surface area contributed by atoms with Gasteiger partial charge in [-0.3, -0.25) is 0 Å². The van der Waals surface area contributed by atoms with Crippen LogP contribution in [0.3, 0.4) is 0 Å². The molecule has 0 aliphatic carbocycles. The molecule has 1 aromatic carbocycles. The van der Waals surface area contributed by atoms with Gasteiger partial charge in [-0.1, -0.05) is 19.1 Å². The van der Waals surface area contributed by atoms with Crippen LogP contribution in [0.4, 0.5) is 0 Å². The number of hydrogen-bond donors (Lipinski definition) is 1. The van der Waals surface area contributed by atoms with Crippen LogP contribution in [0.5, 0.6) is 0 Å². The van der Waals surface area contributed by atoms with E-state index in [0.29, 0.717) is 18.1 Å². The van der Waals surface area contributed by atoms with E-state index in [1.54, 1.807) is 18.2 Å². The molecule has 0 amide bonds. The molecular weight excluding hydrogens is 272 g/mol. The summed E-state index contributed by atoms with van der Waals surface area (Å²) in [5.41, 5.74) is 0.595. The summed E-state index contributed by atoms with van der Waals surface area (Å²) in [6, 6.07) is 6.61. The van der Waals surface area contributed by atoms with Gasteiger partial charge in [-0.2, -0.15) is 0 Å². The van der Waals surface area contributed by atoms with Gasteiger partial charge in [0.05, 0.1) is 23.1 Å². The second-order valence-corrected chi connectivity index (χ2v) is 5.01. The summed E-state index contributed by atoms with van der Waals surface area (Å²) in [6.45, 7) is 2.74. The molecule has 6 heteroatoms. The minimum atomic E-state index is -1.01. The standard InChI is InChI=1S/C15H16N2O4/c1-2-12-11(7-8-20-12)14-17-16-13(21-14)9-5-3-4-6-10(9)15(18)19/h3-6,11-12H,2,7-8H2,1H3,(H,18,19). The Balaban J connectivity index is 1.94. The third kappa shape index (κ3) is 2.54. The Kier molecular flexibility index (Phi) is 3.70. The first-order chi connectivity index (χ1) is 10.2. The van der Waals surface area contributed by atoms with Crippen LogP contribution in [0.15, 0.2) is 28.7 Å². The largest absolute Gasteiger partial charge is 0.478 e. The van der Waals surface area contributed by atoms with Gasteiger partial charge in [0, 0.05) is 6.61 Å². The molecule has 1 saturated heterocycles. The molecule has 0 radical (unpaired) electrons. The van der Waals surface area contributed by atoms with Gasteiger partial charge in [-0.15, -0.1) is 10.2 Å². The highest BCUT2D eigenvalue weighted by atomic mass is 16.5. The van der Waals surface area contributed by atoms with Crippen LogP contribution in [0.25, 0.3) is 11.5 Å². The Morgan fingerprint density at radius 3 is 2.95 bits per heavy atom. The molecule has 2 unspecified atom stereocenters. The first-order valence-corrected chi connectivity index (χ1v) is 6.98. The van der Waals surface area contributed by atoms with Crippen LogP contribution >= 0.6 is 0 Å². The number of benzene rings is 1. The van der Waals surface area contributed by atoms with Gasteiger partial charge < -0.3 is 14.3 Å². The summed E-state index contributed by atoms with van der Waals surface area (Å²) in [7, 11) is 0. The van der Waals surface area contributed by atoms with Crippen molar-refractivity contribution in [2.75, 3.05) is 6.61 Å². The molecule has 2 atom stereocenters. The Morgan fingerprint density at radius 2 is 2.19 bits per heavy atom. The van der Waals surface area contributed by atoms with Gasteiger partial charge in [0.1, 0.15) is 0 Å². The van der Waals surface area contributed by atoms with Crippen LogP contribution in [-0.2, 0) is 4.74 Å². The van der Waals surface area contributed by atoms with E-state index in [2.05, 4.69) is 17.1 Å². The molecule has 1 aliphatic heterocycles. The SMILES string of the molecule is CCC1OCCC1c1nnc(-c2ccccc2C(=O)O)o1. The molecule has 6 nitrogen and oxygen atoms in total. The fourth-order valence-electron chi connectivity index (χ4n) is 2.68. The van der Waals surface area contributed by atoms with Crippen molar-refractivity contribution in [2.24, 2.45) is 0 Å². The molecule has 1 aromatic heterocycles. The summed E-state index contributed by atoms with van der Waals surface area (Å²) in [5, 5.41) is 17.3. The van der Waals surface area contributed by atoms with Gasteiger partial charge in [0.15, 0.2) is 0 Å². The van der Waals surface area contributed by atoms with Crippen LogP contribution in [-0.4, -0.2) is 34.0 Å². The fourth-order valence-corrected chi connectivity index (χ4v) is 2.68. The molecule has 2 aromatic rings. The molecule has 0 spiro atoms. The van der Waals surface area contributed by atoms with Crippen LogP contribution < -0.4 is 0 Å². The average molecular weight is 288 g/mol. The summed E-state index contributed by atoms with van der Waals surface area (Å²) in [6.07, 6.45) is 1.82. The maximum Gasteiger partial charge on any atom is 0.336 e. The maximum absolute atomic E-state index is 11.2. The van der Waals surface area contributed by atoms with Crippen molar-refractivity contribution in [3.05, 3.63) is 35.7 Å². The lowest BCUT2D eigenvalue weighted by Gasteiger charge is -2.12. The number of aromatic carboxylic acids is 1. The Hall–Kier alpha value is -2.21. The van der Waals surface area contributed by atoms with Crippen molar-refractivity contribution in [1.29, 1.82) is 0 Å². The predicted octanol–water partition coefficient (Wildman–Crippen LogP) is 2.72. The second-order valence-electron chi connectivity index (χ2n) is 5.01. The Morgan fingerprint density at radius 1 is 1.38 bits per heavy atom. The number of carboxylic acid groups (broad SMARTS) is 1. The summed E-state index contributed by atoms with van der Waals surface area (Å²) < 4.78 is 11.3. The van der Waals surface area contributed by atoms with E-state index in [-0.39, 0.29) is 23.5 Å². The van der Waals surface area contributed by atoms with E-state index in [1.165, 1.54) is 6.07 Å². The first kappa shape index (κ1) is 13.8. The maximum atomic E-state index is 11.2. The molecule has 0 saturated carbocycles. The summed E-state index contributed by atoms with van der Waals surface area (Å²) in [5.74, 6) is -0.159. The van der Waals surface area contributed by atoms with Gasteiger partial charge in [-0.05, 0) is 25.0 Å². The predicted molar refractivity (Wildman–Crippen MR) is 74.1 cm³/mol. The van der Waals surface area contributed by atoms with Gasteiger partial charge >= 0.3 is 5.97 Å². The minimum Gasteiger partial charge on any atom is -0.478 e. The molecule has 2 heterocycles. The lowest BCUT2D eigenvalue weighted by atomic mass is 10.00. The lowest BCUT2D eigenvalue weighted by Crippen LogP contribution is -2.13. The number of aromatic nitrogens is 2. The van der Waals surface area contributed by atoms with Gasteiger partial charge in [-0.25, -0.2) is 4.79 Å². The highest BCUT2D eigenvalue weighted by molar-refractivity contribution is 5.94. The molecule has 110 valence electrons. The normalized spacial score (nSPS) is 21.6. The fraction of sp³-hybridized carbons (Fsp3) is 0.400. The van der Waals surface area contributed by atoms with E-state index >= 15 is 0 Å². The third-order valence-corrected chi connectivity index (χ3v) is 3.76. The zero-order valence-corrected chi connectivity index (χ0v) is 11.7. The molecule has 0 bridgehead atoms. The highest BCUT2D eigenvalue weighted by Crippen LogP contribution is 2.34. The monoisotopic (exact) mass is 288 g/mol. The van der Waals surface area contributed by atoms with Crippen molar-refractivity contribution in [2.45, 2.75) is 31.8 Å². The smallest absolute Gasteiger partial charge is 0.336 e. The topological polar surface area (TPSA) is 85.5 Å². The minimum absolute atomic E-state index is 0.0908. The molecular formula is C15H16N2O4. The van der Waals surface area contributed by atoms with Crippen molar-refractivity contribution in [1.82, 2.24) is 10.2 Å². The van der Waals surface area contributed by atoms with Crippen molar-refractivity contribution in [3.8, 4) is 11.5 Å². The number of carbonyl (C=O) groups is 1. The van der Waals surface area contributed by atoms with Crippen molar-refractivity contribution < 1.29 is 19.1 Å². The molecule has 1 fully saturated rings. The van der Waals surface area contributed by atoms with Crippen LogP contribution in [0, 0.1) is 0 Å². The van der Waals surface area contributed by atoms with Crippen LogP contribution in [0.1, 0.15) is 41.9 Å². The average Bonchev–Trinajstić information content (AvgIpc) is 3.15. The highest BCUT2D eigenvalue weighted by Gasteiger charge is 2.32. The third-order valence-electron chi connectivity index (χ3n) is 3.76. The van der Waals surface area contributed by atoms with Gasteiger partial charge in [0.25, 0.3) is 0 Å². The molecule has 1 aliphatic rings. The Labute approximate surface area is 121 Å². The number of hydrogen-bond acceptors (Lipinski definition) is 5. The zero-order chi connectivity index (χ0) is 14.8. The number of nitrogens with zero attached hydrogens (tertiary/aromatic N) is 2. The Bertz CT molecular complexity index is 653. The second kappa shape index (κ2) is 5.65. The van der Waals surface area contributed by atoms with Gasteiger partial charge in [0.2, 0.25) is 11.8 Å². The molecule has 3 rings (SSSR count). The number of rotatable bonds is 4. The summed E-state index contributed by atoms with van der Waals surface area (Å²) in [4.78, 5) is 11.2. The molecule has 1 N–H and O–H groups in total. The quantitative estimate of drug-likeness (QED) is 0.931. The van der Waals surface area contributed by atoms with E-state index in [4.69, 9.17) is 9.15 Å². The van der Waals surface area contributed by atoms with Crippen molar-refractivity contribution >= 4 is 5.97 Å². The van der Waals surface area contributed by atoms with E-state index in [1.807, 2.05) is 0 Å². The number of carboxylic acids is 1. The van der Waals surface area contributed by atoms with E-state index in [9.17, 15) is 9.90 Å². The first-order valence-electron chi connectivity index (χ1n) is 6.98. The number of ether oxygens (including phenoxy) is 1. The van der Waals surface area contributed by atoms with Crippen molar-refractivity contribution in [3.63, 3.8) is 0 Å². The van der Waals surface area contributed by atoms with E-state index < -0.39 is 5.97 Å². The molecule has 21 heavy (non-hydrogen) atoms. The zero-order valence-electron chi connectivity index (χ0n) is 11.7.